The molecule has 0 saturated carbocycles. The van der Waals surface area contributed by atoms with Gasteiger partial charge in [0.2, 0.25) is 4.79 Å². The zero-order chi connectivity index (χ0) is 13.1. The van der Waals surface area contributed by atoms with Crippen molar-refractivity contribution in [2.75, 3.05) is 36.2 Å². The molecule has 2 rings (SSSR count). The van der Waals surface area contributed by atoms with Gasteiger partial charge in [0, 0.05) is 27.4 Å². The van der Waals surface area contributed by atoms with Crippen LogP contribution in [0.15, 0.2) is 9.13 Å². The SMILES string of the molecule is CCOC(=O)[n+]1oc(O)c(Br)[n+]1N1CCSCC1. The number of nitrogens with zero attached hydrogens (tertiary/aromatic N) is 3. The van der Waals surface area contributed by atoms with Crippen LogP contribution in [0.3, 0.4) is 0 Å². The second-order valence-corrected chi connectivity index (χ2v) is 5.49. The van der Waals surface area contributed by atoms with Gasteiger partial charge < -0.3 is 9.84 Å². The van der Waals surface area contributed by atoms with Crippen molar-refractivity contribution in [3.63, 3.8) is 0 Å². The maximum absolute atomic E-state index is 11.7. The van der Waals surface area contributed by atoms with E-state index in [0.29, 0.717) is 4.60 Å². The van der Waals surface area contributed by atoms with Crippen LogP contribution in [0.25, 0.3) is 0 Å². The Bertz CT molecular complexity index is 447. The first-order chi connectivity index (χ1) is 8.65. The summed E-state index contributed by atoms with van der Waals surface area (Å²) in [5, 5.41) is 11.5. The average molecular weight is 340 g/mol. The van der Waals surface area contributed by atoms with Gasteiger partial charge in [0.15, 0.2) is 13.1 Å². The van der Waals surface area contributed by atoms with E-state index in [-0.39, 0.29) is 12.6 Å². The number of aromatic nitrogens is 2. The number of hydrogen-bond donors (Lipinski definition) is 1. The van der Waals surface area contributed by atoms with Crippen LogP contribution in [-0.2, 0) is 4.74 Å². The van der Waals surface area contributed by atoms with E-state index in [1.54, 1.807) is 6.92 Å². The van der Waals surface area contributed by atoms with Crippen molar-refractivity contribution in [1.82, 2.24) is 0 Å². The molecule has 1 saturated heterocycles. The van der Waals surface area contributed by atoms with Crippen molar-refractivity contribution in [1.29, 1.82) is 0 Å². The summed E-state index contributed by atoms with van der Waals surface area (Å²) in [7, 11) is 0. The molecule has 7 nitrogen and oxygen atoms in total. The van der Waals surface area contributed by atoms with E-state index in [2.05, 4.69) is 15.9 Å². The van der Waals surface area contributed by atoms with Crippen molar-refractivity contribution in [2.24, 2.45) is 0 Å². The van der Waals surface area contributed by atoms with Crippen molar-refractivity contribution >= 4 is 33.8 Å². The second kappa shape index (κ2) is 5.79. The zero-order valence-electron chi connectivity index (χ0n) is 9.84. The fourth-order valence-electron chi connectivity index (χ4n) is 1.60. The third-order valence-corrected chi connectivity index (χ3v) is 3.98. The number of carbonyl (C=O) groups is 1. The van der Waals surface area contributed by atoms with Crippen LogP contribution in [0.1, 0.15) is 6.92 Å². The Morgan fingerprint density at radius 3 is 2.89 bits per heavy atom. The average Bonchev–Trinajstić information content (AvgIpc) is 2.67. The number of hydrogen-bond acceptors (Lipinski definition) is 6. The van der Waals surface area contributed by atoms with Crippen LogP contribution in [0, 0.1) is 0 Å². The molecule has 0 radical (unpaired) electrons. The van der Waals surface area contributed by atoms with Gasteiger partial charge in [-0.1, -0.05) is 0 Å². The van der Waals surface area contributed by atoms with Gasteiger partial charge >= 0.3 is 16.6 Å². The minimum atomic E-state index is -0.670. The molecule has 18 heavy (non-hydrogen) atoms. The first-order valence-corrected chi connectivity index (χ1v) is 7.46. The molecule has 0 spiro atoms. The summed E-state index contributed by atoms with van der Waals surface area (Å²) in [5.74, 6) is 1.55. The van der Waals surface area contributed by atoms with Gasteiger partial charge in [0.1, 0.15) is 0 Å². The fourth-order valence-corrected chi connectivity index (χ4v) is 2.92. The summed E-state index contributed by atoms with van der Waals surface area (Å²) in [4.78, 5) is 14.1. The normalized spacial score (nSPS) is 15.8. The Labute approximate surface area is 116 Å². The van der Waals surface area contributed by atoms with Gasteiger partial charge in [-0.15, -0.1) is 0 Å². The van der Waals surface area contributed by atoms with Crippen LogP contribution in [0.4, 0.5) is 4.79 Å². The lowest BCUT2D eigenvalue weighted by atomic mass is 10.6. The summed E-state index contributed by atoms with van der Waals surface area (Å²) in [6.07, 6.45) is -0.670. The topological polar surface area (TPSA) is 70.7 Å². The molecular weight excluding hydrogens is 326 g/mol. The number of aromatic hydroxyl groups is 1. The van der Waals surface area contributed by atoms with Crippen LogP contribution in [0.2, 0.25) is 0 Å². The highest BCUT2D eigenvalue weighted by Crippen LogP contribution is 2.17. The largest absolute Gasteiger partial charge is 0.612 e. The molecule has 0 aliphatic carbocycles. The predicted molar refractivity (Wildman–Crippen MR) is 66.2 cm³/mol. The van der Waals surface area contributed by atoms with Gasteiger partial charge in [0.05, 0.1) is 6.61 Å². The number of thioether (sulfide) groups is 1. The zero-order valence-corrected chi connectivity index (χ0v) is 12.2. The van der Waals surface area contributed by atoms with Gasteiger partial charge in [-0.3, -0.25) is 0 Å². The third-order valence-electron chi connectivity index (χ3n) is 2.38. The van der Waals surface area contributed by atoms with E-state index >= 15 is 0 Å². The maximum Gasteiger partial charge on any atom is 0.612 e. The standard InChI is InChI=1S/C9H13BrN3O4S/c1-2-16-9(15)13-12(7(10)8(14)17-13)11-3-5-18-6-4-11/h2-6H2,1H3/q+1/p+1. The van der Waals surface area contributed by atoms with Crippen LogP contribution >= 0.6 is 27.7 Å². The van der Waals surface area contributed by atoms with Gasteiger partial charge in [-0.25, -0.2) is 0 Å². The highest BCUT2D eigenvalue weighted by atomic mass is 79.9. The molecule has 1 aromatic heterocycles. The predicted octanol–water partition coefficient (Wildman–Crippen LogP) is 0.0121. The molecule has 100 valence electrons. The summed E-state index contributed by atoms with van der Waals surface area (Å²) < 4.78 is 10.1. The molecule has 0 aromatic carbocycles. The lowest BCUT2D eigenvalue weighted by Gasteiger charge is -2.12. The van der Waals surface area contributed by atoms with E-state index < -0.39 is 6.09 Å². The molecule has 1 aliphatic heterocycles. The molecular formula is C9H14BrN3O4S+2. The molecule has 9 heteroatoms. The summed E-state index contributed by atoms with van der Waals surface area (Å²) in [6, 6.07) is 0. The highest BCUT2D eigenvalue weighted by Gasteiger charge is 2.45. The third kappa shape index (κ3) is 2.56. The van der Waals surface area contributed by atoms with E-state index in [0.717, 1.165) is 29.4 Å². The Morgan fingerprint density at radius 2 is 2.28 bits per heavy atom. The molecule has 0 amide bonds. The second-order valence-electron chi connectivity index (χ2n) is 3.51. The molecule has 0 atom stereocenters. The quantitative estimate of drug-likeness (QED) is 0.765. The Kier molecular flexibility index (Phi) is 4.33. The fraction of sp³-hybridized carbons (Fsp3) is 0.667. The Balaban J connectivity index is 2.34. The van der Waals surface area contributed by atoms with E-state index in [9.17, 15) is 9.90 Å². The highest BCUT2D eigenvalue weighted by molar-refractivity contribution is 9.10. The van der Waals surface area contributed by atoms with Crippen molar-refractivity contribution in [3.8, 4) is 5.95 Å². The molecule has 1 aliphatic rings. The summed E-state index contributed by atoms with van der Waals surface area (Å²) in [6.45, 7) is 3.46. The number of ether oxygens (including phenoxy) is 1. The Hall–Kier alpha value is -0.960. The summed E-state index contributed by atoms with van der Waals surface area (Å²) >= 11 is 5.04. The minimum Gasteiger partial charge on any atom is -0.472 e. The number of halogens is 1. The molecule has 1 fully saturated rings. The van der Waals surface area contributed by atoms with Gasteiger partial charge in [0.25, 0.3) is 4.85 Å². The van der Waals surface area contributed by atoms with E-state index in [1.165, 1.54) is 4.79 Å². The maximum atomic E-state index is 11.7. The monoisotopic (exact) mass is 339 g/mol. The van der Waals surface area contributed by atoms with Crippen LogP contribution < -0.4 is 14.7 Å². The van der Waals surface area contributed by atoms with Crippen LogP contribution in [-0.4, -0.2) is 42.4 Å². The molecule has 0 unspecified atom stereocenters. The molecule has 1 N–H and O–H groups in total. The van der Waals surface area contributed by atoms with E-state index in [4.69, 9.17) is 9.26 Å². The lowest BCUT2D eigenvalue weighted by molar-refractivity contribution is -1.27. The molecule has 0 bridgehead atoms. The Morgan fingerprint density at radius 1 is 1.61 bits per heavy atom. The number of carbonyl (C=O) groups excluding carboxylic acids is 1. The van der Waals surface area contributed by atoms with Crippen molar-refractivity contribution in [3.05, 3.63) is 4.60 Å². The number of rotatable bonds is 2. The van der Waals surface area contributed by atoms with Crippen molar-refractivity contribution in [2.45, 2.75) is 6.92 Å². The van der Waals surface area contributed by atoms with E-state index in [1.807, 2.05) is 16.8 Å². The first kappa shape index (κ1) is 13.5. The summed E-state index contributed by atoms with van der Waals surface area (Å²) in [5.41, 5.74) is 0. The van der Waals surface area contributed by atoms with Gasteiger partial charge in [-0.05, 0) is 11.9 Å². The first-order valence-electron chi connectivity index (χ1n) is 5.51. The van der Waals surface area contributed by atoms with Crippen LogP contribution in [0.5, 0.6) is 5.95 Å². The molecule has 1 aromatic rings. The van der Waals surface area contributed by atoms with Crippen molar-refractivity contribution < 1.29 is 28.8 Å². The smallest absolute Gasteiger partial charge is 0.472 e. The minimum absolute atomic E-state index is 0.237. The van der Waals surface area contributed by atoms with Gasteiger partial charge in [-0.2, -0.15) is 21.1 Å². The lowest BCUT2D eigenvalue weighted by Crippen LogP contribution is -2.80. The molecule has 2 heterocycles.